The lowest BCUT2D eigenvalue weighted by molar-refractivity contribution is -0.117. The highest BCUT2D eigenvalue weighted by Crippen LogP contribution is 2.29. The zero-order valence-electron chi connectivity index (χ0n) is 11.6. The van der Waals surface area contributed by atoms with Crippen molar-refractivity contribution in [2.24, 2.45) is 0 Å². The molecule has 112 valence electrons. The van der Waals surface area contributed by atoms with Crippen LogP contribution in [0.4, 0.5) is 0 Å². The maximum absolute atomic E-state index is 12.3. The lowest BCUT2D eigenvalue weighted by Crippen LogP contribution is -2.28. The molecule has 1 aliphatic heterocycles. The van der Waals surface area contributed by atoms with Gasteiger partial charge in [0.1, 0.15) is 12.4 Å². The third kappa shape index (κ3) is 3.42. The summed E-state index contributed by atoms with van der Waals surface area (Å²) in [6, 6.07) is 13.6. The van der Waals surface area contributed by atoms with E-state index in [0.717, 1.165) is 25.8 Å². The van der Waals surface area contributed by atoms with Gasteiger partial charge in [-0.2, -0.15) is 0 Å². The second kappa shape index (κ2) is 6.67. The quantitative estimate of drug-likeness (QED) is 0.800. The van der Waals surface area contributed by atoms with Crippen LogP contribution in [-0.4, -0.2) is 12.5 Å². The van der Waals surface area contributed by atoms with E-state index in [2.05, 4.69) is 37.2 Å². The van der Waals surface area contributed by atoms with Gasteiger partial charge in [0, 0.05) is 21.1 Å². The van der Waals surface area contributed by atoms with Crippen molar-refractivity contribution in [2.75, 3.05) is 6.61 Å². The fourth-order valence-electron chi connectivity index (χ4n) is 2.21. The number of amides is 1. The molecular weight excluding hydrogens is 410 g/mol. The highest BCUT2D eigenvalue weighted by Gasteiger charge is 2.17. The van der Waals surface area contributed by atoms with E-state index >= 15 is 0 Å². The predicted octanol–water partition coefficient (Wildman–Crippen LogP) is 4.30. The topological polar surface area (TPSA) is 38.3 Å². The molecule has 3 rings (SSSR count). The molecule has 0 fully saturated rings. The lowest BCUT2D eigenvalue weighted by atomic mass is 10.1. The molecular formula is C17H13Br2NO2. The highest BCUT2D eigenvalue weighted by molar-refractivity contribution is 9.10. The fraction of sp³-hybridized carbons (Fsp3) is 0.118. The number of carbonyl (C=O) groups excluding carboxylic acids is 1. The summed E-state index contributed by atoms with van der Waals surface area (Å²) in [7, 11) is 0. The molecule has 5 heteroatoms. The number of rotatable bonds is 3. The van der Waals surface area contributed by atoms with Gasteiger partial charge in [0.2, 0.25) is 0 Å². The van der Waals surface area contributed by atoms with Crippen LogP contribution in [0.25, 0.3) is 6.08 Å². The van der Waals surface area contributed by atoms with E-state index in [1.807, 2.05) is 48.5 Å². The zero-order valence-corrected chi connectivity index (χ0v) is 14.8. The smallest absolute Gasteiger partial charge is 0.250 e. The molecule has 0 aliphatic carbocycles. The Balaban J connectivity index is 1.72. The molecule has 3 nitrogen and oxygen atoms in total. The maximum Gasteiger partial charge on any atom is 0.250 e. The Morgan fingerprint density at radius 3 is 2.82 bits per heavy atom. The number of hydrogen-bond donors (Lipinski definition) is 1. The third-order valence-corrected chi connectivity index (χ3v) is 4.64. The largest absolute Gasteiger partial charge is 0.488 e. The predicted molar refractivity (Wildman–Crippen MR) is 93.6 cm³/mol. The first kappa shape index (κ1) is 15.3. The lowest BCUT2D eigenvalue weighted by Gasteiger charge is -2.18. The van der Waals surface area contributed by atoms with E-state index in [4.69, 9.17) is 4.74 Å². The third-order valence-electron chi connectivity index (χ3n) is 3.37. The number of ether oxygens (including phenoxy) is 1. The molecule has 0 spiro atoms. The summed E-state index contributed by atoms with van der Waals surface area (Å²) in [4.78, 5) is 12.3. The molecule has 0 radical (unpaired) electrons. The van der Waals surface area contributed by atoms with Crippen LogP contribution in [0.15, 0.2) is 57.0 Å². The molecule has 1 amide bonds. The Morgan fingerprint density at radius 1 is 1.18 bits per heavy atom. The van der Waals surface area contributed by atoms with Crippen LogP contribution in [0.2, 0.25) is 0 Å². The van der Waals surface area contributed by atoms with Crippen LogP contribution in [0.3, 0.4) is 0 Å². The number of benzene rings is 2. The molecule has 2 aromatic rings. The minimum Gasteiger partial charge on any atom is -0.488 e. The molecule has 22 heavy (non-hydrogen) atoms. The first-order chi connectivity index (χ1) is 10.6. The second-order valence-electron chi connectivity index (χ2n) is 4.91. The molecule has 0 unspecified atom stereocenters. The van der Waals surface area contributed by atoms with E-state index in [1.54, 1.807) is 0 Å². The van der Waals surface area contributed by atoms with Crippen molar-refractivity contribution in [3.63, 3.8) is 0 Å². The van der Waals surface area contributed by atoms with Crippen molar-refractivity contribution in [2.45, 2.75) is 6.54 Å². The summed E-state index contributed by atoms with van der Waals surface area (Å²) < 4.78 is 7.57. The minimum atomic E-state index is -0.110. The van der Waals surface area contributed by atoms with Gasteiger partial charge in [-0.25, -0.2) is 0 Å². The first-order valence-corrected chi connectivity index (χ1v) is 8.36. The Bertz CT molecular complexity index is 756. The number of nitrogens with one attached hydrogen (secondary N) is 1. The van der Waals surface area contributed by atoms with Crippen LogP contribution in [-0.2, 0) is 11.3 Å². The summed E-state index contributed by atoms with van der Waals surface area (Å²) in [5, 5.41) is 2.93. The van der Waals surface area contributed by atoms with Crippen molar-refractivity contribution >= 4 is 43.8 Å². The Hall–Kier alpha value is -1.59. The number of hydrogen-bond acceptors (Lipinski definition) is 2. The highest BCUT2D eigenvalue weighted by atomic mass is 79.9. The van der Waals surface area contributed by atoms with Crippen molar-refractivity contribution in [1.29, 1.82) is 0 Å². The van der Waals surface area contributed by atoms with Crippen molar-refractivity contribution in [3.8, 4) is 5.75 Å². The van der Waals surface area contributed by atoms with Gasteiger partial charge in [-0.1, -0.05) is 50.1 Å². The van der Waals surface area contributed by atoms with Crippen molar-refractivity contribution in [3.05, 3.63) is 68.1 Å². The van der Waals surface area contributed by atoms with Gasteiger partial charge in [-0.15, -0.1) is 0 Å². The molecule has 0 atom stereocenters. The average Bonchev–Trinajstić information content (AvgIpc) is 2.53. The van der Waals surface area contributed by atoms with Gasteiger partial charge in [-0.05, 0) is 35.9 Å². The minimum absolute atomic E-state index is 0.110. The van der Waals surface area contributed by atoms with Gasteiger partial charge in [0.25, 0.3) is 5.91 Å². The van der Waals surface area contributed by atoms with Crippen molar-refractivity contribution in [1.82, 2.24) is 5.32 Å². The van der Waals surface area contributed by atoms with E-state index in [9.17, 15) is 4.79 Å². The van der Waals surface area contributed by atoms with Gasteiger partial charge in [0.05, 0.1) is 5.57 Å². The molecule has 0 bridgehead atoms. The van der Waals surface area contributed by atoms with Crippen LogP contribution in [0.1, 0.15) is 11.1 Å². The zero-order chi connectivity index (χ0) is 15.5. The summed E-state index contributed by atoms with van der Waals surface area (Å²) >= 11 is 6.90. The fourth-order valence-corrected chi connectivity index (χ4v) is 3.01. The van der Waals surface area contributed by atoms with Crippen LogP contribution in [0.5, 0.6) is 5.75 Å². The normalized spacial score (nSPS) is 12.9. The molecule has 0 saturated carbocycles. The standard InChI is InChI=1S/C17H13Br2NO2/c18-14-5-6-16-12(8-14)7-13(10-22-16)17(21)20-9-11-3-1-2-4-15(11)19/h1-8H,9-10H2,(H,20,21). The second-order valence-corrected chi connectivity index (χ2v) is 6.68. The molecule has 2 aromatic carbocycles. The molecule has 1 N–H and O–H groups in total. The Kier molecular flexibility index (Phi) is 4.64. The van der Waals surface area contributed by atoms with E-state index in [0.29, 0.717) is 12.1 Å². The molecule has 0 aromatic heterocycles. The molecule has 1 aliphatic rings. The average molecular weight is 423 g/mol. The van der Waals surface area contributed by atoms with Crippen LogP contribution in [0, 0.1) is 0 Å². The van der Waals surface area contributed by atoms with Crippen molar-refractivity contribution < 1.29 is 9.53 Å². The SMILES string of the molecule is O=C(NCc1ccccc1Br)C1=Cc2cc(Br)ccc2OC1. The van der Waals surface area contributed by atoms with Gasteiger partial charge in [0.15, 0.2) is 0 Å². The summed E-state index contributed by atoms with van der Waals surface area (Å²) in [6.07, 6.45) is 1.87. The summed E-state index contributed by atoms with van der Waals surface area (Å²) in [6.45, 7) is 0.763. The van der Waals surface area contributed by atoms with E-state index in [-0.39, 0.29) is 12.5 Å². The number of fused-ring (bicyclic) bond motifs is 1. The van der Waals surface area contributed by atoms with Crippen LogP contribution >= 0.6 is 31.9 Å². The number of carbonyl (C=O) groups is 1. The monoisotopic (exact) mass is 421 g/mol. The molecule has 1 heterocycles. The number of halogens is 2. The van der Waals surface area contributed by atoms with Gasteiger partial charge >= 0.3 is 0 Å². The Morgan fingerprint density at radius 2 is 2.00 bits per heavy atom. The molecule has 0 saturated heterocycles. The van der Waals surface area contributed by atoms with Gasteiger partial charge < -0.3 is 10.1 Å². The van der Waals surface area contributed by atoms with E-state index in [1.165, 1.54) is 0 Å². The van der Waals surface area contributed by atoms with Gasteiger partial charge in [-0.3, -0.25) is 4.79 Å². The maximum atomic E-state index is 12.3. The first-order valence-electron chi connectivity index (χ1n) is 6.78. The Labute approximate surface area is 145 Å². The summed E-state index contributed by atoms with van der Waals surface area (Å²) in [5.41, 5.74) is 2.57. The van der Waals surface area contributed by atoms with E-state index < -0.39 is 0 Å². The van der Waals surface area contributed by atoms with Crippen LogP contribution < -0.4 is 10.1 Å². The summed E-state index contributed by atoms with van der Waals surface area (Å²) in [5.74, 6) is 0.687.